The van der Waals surface area contributed by atoms with E-state index in [0.29, 0.717) is 0 Å². The van der Waals surface area contributed by atoms with Crippen molar-refractivity contribution in [2.75, 3.05) is 79.9 Å². The van der Waals surface area contributed by atoms with Crippen LogP contribution in [-0.2, 0) is 18.3 Å². The van der Waals surface area contributed by atoms with E-state index >= 15 is 0 Å². The molecule has 2 fully saturated rings. The van der Waals surface area contributed by atoms with Gasteiger partial charge >= 0.3 is 8.56 Å². The van der Waals surface area contributed by atoms with Crippen molar-refractivity contribution in [3.8, 4) is 0 Å². The Morgan fingerprint density at radius 1 is 0.739 bits per heavy atom. The SMILES string of the molecule is CO[Si](CCCN1CCOCC1)(CCCN1CCOCC1)OC. The first-order valence-corrected chi connectivity index (χ1v) is 11.2. The van der Waals surface area contributed by atoms with E-state index in [1.54, 1.807) is 0 Å². The Morgan fingerprint density at radius 3 is 1.48 bits per heavy atom. The summed E-state index contributed by atoms with van der Waals surface area (Å²) in [4.78, 5) is 4.98. The highest BCUT2D eigenvalue weighted by atomic mass is 28.4. The predicted octanol–water partition coefficient (Wildman–Crippen LogP) is 1.17. The van der Waals surface area contributed by atoms with E-state index in [9.17, 15) is 0 Å². The van der Waals surface area contributed by atoms with Crippen molar-refractivity contribution in [3.63, 3.8) is 0 Å². The minimum atomic E-state index is -2.03. The van der Waals surface area contributed by atoms with Crippen molar-refractivity contribution in [2.24, 2.45) is 0 Å². The summed E-state index contributed by atoms with van der Waals surface area (Å²) in [5.74, 6) is 0. The average Bonchev–Trinajstić information content (AvgIpc) is 2.62. The molecular weight excluding hydrogens is 312 g/mol. The van der Waals surface area contributed by atoms with Gasteiger partial charge in [-0.25, -0.2) is 0 Å². The van der Waals surface area contributed by atoms with Gasteiger partial charge in [-0.3, -0.25) is 9.80 Å². The molecule has 0 aromatic rings. The number of ether oxygens (including phenoxy) is 2. The van der Waals surface area contributed by atoms with Crippen LogP contribution in [0.5, 0.6) is 0 Å². The van der Waals surface area contributed by atoms with Crippen molar-refractivity contribution in [2.45, 2.75) is 24.9 Å². The highest BCUT2D eigenvalue weighted by Gasteiger charge is 2.34. The van der Waals surface area contributed by atoms with Crippen molar-refractivity contribution < 1.29 is 18.3 Å². The second-order valence-corrected chi connectivity index (χ2v) is 10.1. The van der Waals surface area contributed by atoms with Gasteiger partial charge in [-0.05, 0) is 38.0 Å². The lowest BCUT2D eigenvalue weighted by Gasteiger charge is -2.31. The summed E-state index contributed by atoms with van der Waals surface area (Å²) in [6.45, 7) is 10.00. The molecule has 0 amide bonds. The number of nitrogens with zero attached hydrogens (tertiary/aromatic N) is 2. The predicted molar refractivity (Wildman–Crippen MR) is 93.1 cm³/mol. The summed E-state index contributed by atoms with van der Waals surface area (Å²) in [6.07, 6.45) is 2.32. The second-order valence-electron chi connectivity index (χ2n) is 6.43. The molecule has 2 aliphatic heterocycles. The zero-order valence-corrected chi connectivity index (χ0v) is 15.9. The number of hydrogen-bond donors (Lipinski definition) is 0. The maximum absolute atomic E-state index is 5.90. The highest BCUT2D eigenvalue weighted by molar-refractivity contribution is 6.67. The van der Waals surface area contributed by atoms with Gasteiger partial charge in [0.25, 0.3) is 0 Å². The molecule has 0 atom stereocenters. The lowest BCUT2D eigenvalue weighted by molar-refractivity contribution is 0.0371. The molecule has 0 aromatic heterocycles. The molecule has 136 valence electrons. The summed E-state index contributed by atoms with van der Waals surface area (Å²) < 4.78 is 22.6. The largest absolute Gasteiger partial charge is 0.398 e. The van der Waals surface area contributed by atoms with Crippen LogP contribution < -0.4 is 0 Å². The molecule has 2 aliphatic rings. The highest BCUT2D eigenvalue weighted by Crippen LogP contribution is 2.22. The molecule has 0 bridgehead atoms. The fraction of sp³-hybridized carbons (Fsp3) is 1.00. The Balaban J connectivity index is 1.66. The van der Waals surface area contributed by atoms with E-state index in [0.717, 1.165) is 90.6 Å². The van der Waals surface area contributed by atoms with Crippen LogP contribution in [0.15, 0.2) is 0 Å². The molecule has 0 aliphatic carbocycles. The smallest absolute Gasteiger partial charge is 0.337 e. The summed E-state index contributed by atoms with van der Waals surface area (Å²) >= 11 is 0. The van der Waals surface area contributed by atoms with Crippen LogP contribution in [0.4, 0.5) is 0 Å². The molecule has 23 heavy (non-hydrogen) atoms. The first kappa shape index (κ1) is 19.3. The normalized spacial score (nSPS) is 21.7. The molecule has 0 saturated carbocycles. The van der Waals surface area contributed by atoms with E-state index in [4.69, 9.17) is 18.3 Å². The molecule has 2 saturated heterocycles. The Labute approximate surface area is 142 Å². The van der Waals surface area contributed by atoms with Crippen molar-refractivity contribution in [1.82, 2.24) is 9.80 Å². The molecule has 2 rings (SSSR count). The molecular formula is C16H34N2O4Si. The van der Waals surface area contributed by atoms with E-state index in [1.807, 2.05) is 14.2 Å². The van der Waals surface area contributed by atoms with Crippen LogP contribution in [-0.4, -0.2) is 98.3 Å². The summed E-state index contributed by atoms with van der Waals surface area (Å²) in [5, 5.41) is 0. The lowest BCUT2D eigenvalue weighted by Crippen LogP contribution is -2.43. The molecule has 0 unspecified atom stereocenters. The van der Waals surface area contributed by atoms with Gasteiger partial charge in [0.05, 0.1) is 26.4 Å². The fourth-order valence-corrected chi connectivity index (χ4v) is 6.04. The van der Waals surface area contributed by atoms with Crippen LogP contribution in [0.1, 0.15) is 12.8 Å². The fourth-order valence-electron chi connectivity index (χ4n) is 3.41. The van der Waals surface area contributed by atoms with Gasteiger partial charge < -0.3 is 18.3 Å². The topological polar surface area (TPSA) is 43.4 Å². The van der Waals surface area contributed by atoms with Crippen LogP contribution >= 0.6 is 0 Å². The molecule has 0 N–H and O–H groups in total. The Morgan fingerprint density at radius 2 is 1.13 bits per heavy atom. The van der Waals surface area contributed by atoms with Gasteiger partial charge in [0.2, 0.25) is 0 Å². The van der Waals surface area contributed by atoms with Crippen LogP contribution in [0, 0.1) is 0 Å². The monoisotopic (exact) mass is 346 g/mol. The quantitative estimate of drug-likeness (QED) is 0.553. The Hall–Kier alpha value is -0.0231. The molecule has 2 heterocycles. The maximum atomic E-state index is 5.90. The second kappa shape index (κ2) is 10.8. The third-order valence-corrected chi connectivity index (χ3v) is 8.73. The third kappa shape index (κ3) is 6.78. The number of hydrogen-bond acceptors (Lipinski definition) is 6. The standard InChI is InChI=1S/C16H34N2O4Si/c1-19-23(20-2,15-3-5-17-7-11-21-12-8-17)16-4-6-18-9-13-22-14-10-18/h3-16H2,1-2H3. The molecule has 0 spiro atoms. The van der Waals surface area contributed by atoms with Gasteiger partial charge in [0, 0.05) is 40.4 Å². The maximum Gasteiger partial charge on any atom is 0.337 e. The van der Waals surface area contributed by atoms with Crippen molar-refractivity contribution in [1.29, 1.82) is 0 Å². The third-order valence-electron chi connectivity index (χ3n) is 5.02. The van der Waals surface area contributed by atoms with E-state index in [2.05, 4.69) is 9.80 Å². The van der Waals surface area contributed by atoms with Crippen molar-refractivity contribution in [3.05, 3.63) is 0 Å². The van der Waals surface area contributed by atoms with E-state index in [-0.39, 0.29) is 0 Å². The van der Waals surface area contributed by atoms with Gasteiger partial charge in [-0.1, -0.05) is 0 Å². The Kier molecular flexibility index (Phi) is 9.03. The van der Waals surface area contributed by atoms with E-state index in [1.165, 1.54) is 0 Å². The van der Waals surface area contributed by atoms with Gasteiger partial charge in [0.1, 0.15) is 0 Å². The zero-order chi connectivity index (χ0) is 16.4. The summed E-state index contributed by atoms with van der Waals surface area (Å²) in [5.41, 5.74) is 0. The first-order valence-electron chi connectivity index (χ1n) is 8.98. The van der Waals surface area contributed by atoms with Crippen LogP contribution in [0.3, 0.4) is 0 Å². The average molecular weight is 347 g/mol. The molecule has 6 nitrogen and oxygen atoms in total. The molecule has 7 heteroatoms. The minimum absolute atomic E-state index is 0.872. The summed E-state index contributed by atoms with van der Waals surface area (Å²) in [6, 6.07) is 2.17. The summed E-state index contributed by atoms with van der Waals surface area (Å²) in [7, 11) is 1.64. The Bertz CT molecular complexity index is 280. The van der Waals surface area contributed by atoms with Gasteiger partial charge in [-0.2, -0.15) is 0 Å². The number of morpholine rings is 2. The van der Waals surface area contributed by atoms with Crippen LogP contribution in [0.25, 0.3) is 0 Å². The molecule has 0 aromatic carbocycles. The minimum Gasteiger partial charge on any atom is -0.398 e. The van der Waals surface area contributed by atoms with Crippen LogP contribution in [0.2, 0.25) is 12.1 Å². The number of rotatable bonds is 10. The van der Waals surface area contributed by atoms with Gasteiger partial charge in [-0.15, -0.1) is 0 Å². The van der Waals surface area contributed by atoms with Crippen molar-refractivity contribution >= 4 is 8.56 Å². The van der Waals surface area contributed by atoms with Gasteiger partial charge in [0.15, 0.2) is 0 Å². The lowest BCUT2D eigenvalue weighted by atomic mass is 10.3. The molecule has 0 radical (unpaired) electrons. The zero-order valence-electron chi connectivity index (χ0n) is 14.9. The van der Waals surface area contributed by atoms with E-state index < -0.39 is 8.56 Å². The first-order chi connectivity index (χ1) is 11.3.